The Morgan fingerprint density at radius 3 is 3.05 bits per heavy atom. The number of carbonyl (C=O) groups excluding carboxylic acids is 1. The number of amides is 1. The van der Waals surface area contributed by atoms with Crippen molar-refractivity contribution >= 4 is 5.91 Å². The second-order valence-electron chi connectivity index (χ2n) is 5.30. The van der Waals surface area contributed by atoms with Crippen LogP contribution in [0.1, 0.15) is 31.1 Å². The second-order valence-corrected chi connectivity index (χ2v) is 5.30. The summed E-state index contributed by atoms with van der Waals surface area (Å²) in [6, 6.07) is 4.24. The summed E-state index contributed by atoms with van der Waals surface area (Å²) >= 11 is 0. The van der Waals surface area contributed by atoms with Crippen molar-refractivity contribution in [3.63, 3.8) is 0 Å². The summed E-state index contributed by atoms with van der Waals surface area (Å²) in [5, 5.41) is 6.33. The average Bonchev–Trinajstić information content (AvgIpc) is 3.01. The van der Waals surface area contributed by atoms with E-state index < -0.39 is 0 Å². The van der Waals surface area contributed by atoms with E-state index in [9.17, 15) is 4.79 Å². The molecule has 5 nitrogen and oxygen atoms in total. The molecule has 19 heavy (non-hydrogen) atoms. The molecule has 2 rings (SSSR count). The lowest BCUT2D eigenvalue weighted by atomic mass is 10.1. The van der Waals surface area contributed by atoms with E-state index in [1.165, 1.54) is 6.42 Å². The minimum absolute atomic E-state index is 0.0792. The Balaban J connectivity index is 1.80. The SMILES string of the molecule is CN(C)C(CNC(=O)CC1CCCN1)c1ccco1. The van der Waals surface area contributed by atoms with Gasteiger partial charge in [-0.1, -0.05) is 0 Å². The van der Waals surface area contributed by atoms with Crippen molar-refractivity contribution in [2.75, 3.05) is 27.2 Å². The quantitative estimate of drug-likeness (QED) is 0.810. The highest BCUT2D eigenvalue weighted by Gasteiger charge is 2.20. The fourth-order valence-electron chi connectivity index (χ4n) is 2.46. The van der Waals surface area contributed by atoms with Gasteiger partial charge in [0.05, 0.1) is 12.3 Å². The molecule has 0 saturated carbocycles. The van der Waals surface area contributed by atoms with E-state index in [0.717, 1.165) is 18.7 Å². The van der Waals surface area contributed by atoms with E-state index in [2.05, 4.69) is 10.6 Å². The Kier molecular flexibility index (Phi) is 4.99. The molecule has 1 fully saturated rings. The lowest BCUT2D eigenvalue weighted by Crippen LogP contribution is -2.37. The van der Waals surface area contributed by atoms with Crippen LogP contribution in [-0.2, 0) is 4.79 Å². The van der Waals surface area contributed by atoms with Gasteiger partial charge in [-0.3, -0.25) is 9.69 Å². The number of furan rings is 1. The highest BCUT2D eigenvalue weighted by atomic mass is 16.3. The molecule has 1 aromatic rings. The molecule has 2 N–H and O–H groups in total. The molecule has 2 atom stereocenters. The Morgan fingerprint density at radius 1 is 1.63 bits per heavy atom. The number of likely N-dealkylation sites (N-methyl/N-ethyl adjacent to an activating group) is 1. The predicted octanol–water partition coefficient (Wildman–Crippen LogP) is 1.14. The monoisotopic (exact) mass is 265 g/mol. The molecule has 0 radical (unpaired) electrons. The summed E-state index contributed by atoms with van der Waals surface area (Å²) in [5.74, 6) is 0.988. The van der Waals surface area contributed by atoms with Crippen LogP contribution in [0.25, 0.3) is 0 Å². The van der Waals surface area contributed by atoms with Crippen LogP contribution in [0.3, 0.4) is 0 Å². The van der Waals surface area contributed by atoms with Crippen LogP contribution in [0.2, 0.25) is 0 Å². The van der Waals surface area contributed by atoms with E-state index in [-0.39, 0.29) is 11.9 Å². The molecular formula is C14H23N3O2. The minimum atomic E-state index is 0.0792. The largest absolute Gasteiger partial charge is 0.468 e. The summed E-state index contributed by atoms with van der Waals surface area (Å²) in [4.78, 5) is 13.9. The van der Waals surface area contributed by atoms with Crippen LogP contribution in [0, 0.1) is 0 Å². The van der Waals surface area contributed by atoms with Crippen LogP contribution < -0.4 is 10.6 Å². The van der Waals surface area contributed by atoms with Crippen LogP contribution in [-0.4, -0.2) is 44.0 Å². The molecule has 0 bridgehead atoms. The first-order valence-corrected chi connectivity index (χ1v) is 6.86. The summed E-state index contributed by atoms with van der Waals surface area (Å²) in [6.07, 6.45) is 4.50. The summed E-state index contributed by atoms with van der Waals surface area (Å²) < 4.78 is 5.42. The molecule has 1 aliphatic rings. The van der Waals surface area contributed by atoms with Crippen molar-refractivity contribution in [3.05, 3.63) is 24.2 Å². The third-order valence-electron chi connectivity index (χ3n) is 3.58. The van der Waals surface area contributed by atoms with Gasteiger partial charge in [-0.15, -0.1) is 0 Å². The van der Waals surface area contributed by atoms with Crippen molar-refractivity contribution < 1.29 is 9.21 Å². The predicted molar refractivity (Wildman–Crippen MR) is 73.8 cm³/mol. The van der Waals surface area contributed by atoms with Crippen LogP contribution >= 0.6 is 0 Å². The maximum absolute atomic E-state index is 11.9. The van der Waals surface area contributed by atoms with Gasteiger partial charge < -0.3 is 15.1 Å². The van der Waals surface area contributed by atoms with E-state index >= 15 is 0 Å². The third-order valence-corrected chi connectivity index (χ3v) is 3.58. The Labute approximate surface area is 114 Å². The molecule has 5 heteroatoms. The van der Waals surface area contributed by atoms with Crippen molar-refractivity contribution in [1.29, 1.82) is 0 Å². The smallest absolute Gasteiger partial charge is 0.221 e. The molecular weight excluding hydrogens is 242 g/mol. The summed E-state index contributed by atoms with van der Waals surface area (Å²) in [5.41, 5.74) is 0. The molecule has 0 aliphatic carbocycles. The fourth-order valence-corrected chi connectivity index (χ4v) is 2.46. The minimum Gasteiger partial charge on any atom is -0.468 e. The van der Waals surface area contributed by atoms with Crippen molar-refractivity contribution in [1.82, 2.24) is 15.5 Å². The van der Waals surface area contributed by atoms with Crippen LogP contribution in [0.4, 0.5) is 0 Å². The molecule has 1 aromatic heterocycles. The van der Waals surface area contributed by atoms with Gasteiger partial charge in [0.25, 0.3) is 0 Å². The van der Waals surface area contributed by atoms with E-state index in [1.54, 1.807) is 6.26 Å². The van der Waals surface area contributed by atoms with Crippen LogP contribution in [0.5, 0.6) is 0 Å². The number of nitrogens with one attached hydrogen (secondary N) is 2. The van der Waals surface area contributed by atoms with Crippen molar-refractivity contribution in [2.45, 2.75) is 31.3 Å². The van der Waals surface area contributed by atoms with Gasteiger partial charge in [0.15, 0.2) is 0 Å². The van der Waals surface area contributed by atoms with Gasteiger partial charge in [-0.25, -0.2) is 0 Å². The summed E-state index contributed by atoms with van der Waals surface area (Å²) in [7, 11) is 3.97. The molecule has 1 saturated heterocycles. The lowest BCUT2D eigenvalue weighted by molar-refractivity contribution is -0.121. The number of carbonyl (C=O) groups is 1. The van der Waals surface area contributed by atoms with E-state index in [0.29, 0.717) is 19.0 Å². The van der Waals surface area contributed by atoms with Crippen molar-refractivity contribution in [3.8, 4) is 0 Å². The van der Waals surface area contributed by atoms with Gasteiger partial charge in [-0.2, -0.15) is 0 Å². The molecule has 1 amide bonds. The molecule has 2 unspecified atom stereocenters. The Hall–Kier alpha value is -1.33. The van der Waals surface area contributed by atoms with E-state index in [4.69, 9.17) is 4.42 Å². The summed E-state index contributed by atoms with van der Waals surface area (Å²) in [6.45, 7) is 1.61. The lowest BCUT2D eigenvalue weighted by Gasteiger charge is -2.23. The highest BCUT2D eigenvalue weighted by molar-refractivity contribution is 5.76. The fraction of sp³-hybridized carbons (Fsp3) is 0.643. The highest BCUT2D eigenvalue weighted by Crippen LogP contribution is 2.17. The molecule has 0 spiro atoms. The molecule has 106 valence electrons. The molecule has 1 aliphatic heterocycles. The first-order valence-electron chi connectivity index (χ1n) is 6.86. The van der Waals surface area contributed by atoms with Gasteiger partial charge >= 0.3 is 0 Å². The number of hydrogen-bond donors (Lipinski definition) is 2. The topological polar surface area (TPSA) is 57.5 Å². The zero-order valence-corrected chi connectivity index (χ0v) is 11.7. The normalized spacial score (nSPS) is 20.7. The molecule has 0 aromatic carbocycles. The molecule has 2 heterocycles. The van der Waals surface area contributed by atoms with E-state index in [1.807, 2.05) is 31.1 Å². The number of nitrogens with zero attached hydrogens (tertiary/aromatic N) is 1. The zero-order valence-electron chi connectivity index (χ0n) is 11.7. The Bertz CT molecular complexity index is 383. The second kappa shape index (κ2) is 6.73. The average molecular weight is 265 g/mol. The van der Waals surface area contributed by atoms with Crippen molar-refractivity contribution in [2.24, 2.45) is 0 Å². The van der Waals surface area contributed by atoms with Gasteiger partial charge in [-0.05, 0) is 45.6 Å². The Morgan fingerprint density at radius 2 is 2.47 bits per heavy atom. The van der Waals surface area contributed by atoms with Gasteiger partial charge in [0, 0.05) is 19.0 Å². The first-order chi connectivity index (χ1) is 9.16. The van der Waals surface area contributed by atoms with Crippen LogP contribution in [0.15, 0.2) is 22.8 Å². The third kappa shape index (κ3) is 4.08. The maximum atomic E-state index is 11.9. The first kappa shape index (κ1) is 14.1. The number of rotatable bonds is 6. The standard InChI is InChI=1S/C14H23N3O2/c1-17(2)12(13-6-4-8-19-13)10-16-14(18)9-11-5-3-7-15-11/h4,6,8,11-12,15H,3,5,7,9-10H2,1-2H3,(H,16,18). The van der Waals surface area contributed by atoms with Gasteiger partial charge in [0.2, 0.25) is 5.91 Å². The van der Waals surface area contributed by atoms with Gasteiger partial charge in [0.1, 0.15) is 5.76 Å². The maximum Gasteiger partial charge on any atom is 0.221 e. The zero-order chi connectivity index (χ0) is 13.7. The number of hydrogen-bond acceptors (Lipinski definition) is 4.